The minimum atomic E-state index is -0.820. The molecule has 1 N–H and O–H groups in total. The molecule has 0 aromatic carbocycles. The van der Waals surface area contributed by atoms with Crippen LogP contribution in [0.1, 0.15) is 42.2 Å². The van der Waals surface area contributed by atoms with E-state index in [-0.39, 0.29) is 0 Å². The van der Waals surface area contributed by atoms with Gasteiger partial charge in [0.05, 0.1) is 0 Å². The van der Waals surface area contributed by atoms with Gasteiger partial charge in [-0.2, -0.15) is 0 Å². The third-order valence-corrected chi connectivity index (χ3v) is 3.34. The van der Waals surface area contributed by atoms with E-state index < -0.39 is 5.97 Å². The van der Waals surface area contributed by atoms with E-state index in [9.17, 15) is 4.79 Å². The van der Waals surface area contributed by atoms with E-state index in [1.807, 2.05) is 10.8 Å². The molecule has 0 unspecified atom stereocenters. The molecule has 0 atom stereocenters. The highest BCUT2D eigenvalue weighted by Crippen LogP contribution is 2.31. The Kier molecular flexibility index (Phi) is 2.80. The fourth-order valence-electron chi connectivity index (χ4n) is 2.10. The molecule has 1 aromatic heterocycles. The molecular weight excluding hydrogens is 293 g/mol. The lowest BCUT2D eigenvalue weighted by Crippen LogP contribution is -2.11. The lowest BCUT2D eigenvalue weighted by molar-refractivity contribution is 0.0682. The van der Waals surface area contributed by atoms with E-state index in [4.69, 9.17) is 5.11 Å². The van der Waals surface area contributed by atoms with Crippen LogP contribution in [-0.2, 0) is 0 Å². The van der Waals surface area contributed by atoms with Gasteiger partial charge < -0.3 is 9.67 Å². The summed E-state index contributed by atoms with van der Waals surface area (Å²) in [4.78, 5) is 11.0. The molecule has 1 aromatic rings. The van der Waals surface area contributed by atoms with E-state index in [0.29, 0.717) is 11.7 Å². The van der Waals surface area contributed by atoms with E-state index in [0.717, 1.165) is 16.4 Å². The number of aromatic nitrogens is 1. The second-order valence-corrected chi connectivity index (χ2v) is 4.94. The van der Waals surface area contributed by atoms with Crippen LogP contribution in [0, 0.1) is 3.57 Å². The van der Waals surface area contributed by atoms with Gasteiger partial charge in [0.25, 0.3) is 0 Å². The Hall–Kier alpha value is -0.520. The minimum Gasteiger partial charge on any atom is -0.477 e. The molecule has 76 valence electrons. The molecule has 0 amide bonds. The standard InChI is InChI=1S/C10H12INO2/c11-7-5-9(10(13)14)12(6-7)8-3-1-2-4-8/h5-6,8H,1-4H2,(H,13,14). The predicted octanol–water partition coefficient (Wildman–Crippen LogP) is 2.91. The molecule has 3 nitrogen and oxygen atoms in total. The Morgan fingerprint density at radius 2 is 2.14 bits per heavy atom. The summed E-state index contributed by atoms with van der Waals surface area (Å²) in [5.41, 5.74) is 0.432. The predicted molar refractivity (Wildman–Crippen MR) is 61.6 cm³/mol. The van der Waals surface area contributed by atoms with Gasteiger partial charge in [0.1, 0.15) is 5.69 Å². The molecule has 0 aliphatic heterocycles. The van der Waals surface area contributed by atoms with Crippen LogP contribution in [0.15, 0.2) is 12.3 Å². The lowest BCUT2D eigenvalue weighted by Gasteiger charge is -2.13. The van der Waals surface area contributed by atoms with Crippen LogP contribution in [0.25, 0.3) is 0 Å². The van der Waals surface area contributed by atoms with Gasteiger partial charge in [-0.05, 0) is 41.5 Å². The maximum absolute atomic E-state index is 11.0. The molecule has 1 fully saturated rings. The SMILES string of the molecule is O=C(O)c1cc(I)cn1C1CCCC1. The molecule has 1 saturated carbocycles. The number of carbonyl (C=O) groups is 1. The topological polar surface area (TPSA) is 42.2 Å². The molecule has 0 radical (unpaired) electrons. The van der Waals surface area contributed by atoms with Crippen molar-refractivity contribution in [2.24, 2.45) is 0 Å². The second kappa shape index (κ2) is 3.92. The maximum atomic E-state index is 11.0. The Morgan fingerprint density at radius 1 is 1.50 bits per heavy atom. The summed E-state index contributed by atoms with van der Waals surface area (Å²) >= 11 is 2.16. The third-order valence-electron chi connectivity index (χ3n) is 2.75. The van der Waals surface area contributed by atoms with Gasteiger partial charge in [0, 0.05) is 15.8 Å². The summed E-state index contributed by atoms with van der Waals surface area (Å²) in [5.74, 6) is -0.820. The number of carboxylic acid groups (broad SMARTS) is 1. The largest absolute Gasteiger partial charge is 0.477 e. The normalized spacial score (nSPS) is 17.5. The van der Waals surface area contributed by atoms with Crippen molar-refractivity contribution in [3.05, 3.63) is 21.5 Å². The van der Waals surface area contributed by atoms with Crippen LogP contribution >= 0.6 is 22.6 Å². The molecule has 0 saturated heterocycles. The van der Waals surface area contributed by atoms with E-state index in [2.05, 4.69) is 22.6 Å². The maximum Gasteiger partial charge on any atom is 0.352 e. The Bertz CT molecular complexity index is 353. The van der Waals surface area contributed by atoms with E-state index >= 15 is 0 Å². The van der Waals surface area contributed by atoms with Crippen molar-refractivity contribution in [3.63, 3.8) is 0 Å². The van der Waals surface area contributed by atoms with Crippen LogP contribution in [-0.4, -0.2) is 15.6 Å². The first-order chi connectivity index (χ1) is 6.68. The quantitative estimate of drug-likeness (QED) is 0.854. The summed E-state index contributed by atoms with van der Waals surface area (Å²) in [5, 5.41) is 9.02. The van der Waals surface area contributed by atoms with Gasteiger partial charge >= 0.3 is 5.97 Å². The average Bonchev–Trinajstić information content (AvgIpc) is 2.70. The molecule has 4 heteroatoms. The summed E-state index contributed by atoms with van der Waals surface area (Å²) < 4.78 is 2.93. The summed E-state index contributed by atoms with van der Waals surface area (Å²) in [6.07, 6.45) is 6.62. The monoisotopic (exact) mass is 305 g/mol. The number of carboxylic acids is 1. The van der Waals surface area contributed by atoms with E-state index in [1.54, 1.807) is 6.07 Å². The van der Waals surface area contributed by atoms with Crippen LogP contribution in [0.4, 0.5) is 0 Å². The van der Waals surface area contributed by atoms with Crippen molar-refractivity contribution in [1.29, 1.82) is 0 Å². The first-order valence-electron chi connectivity index (χ1n) is 4.79. The van der Waals surface area contributed by atoms with Crippen molar-refractivity contribution in [1.82, 2.24) is 4.57 Å². The van der Waals surface area contributed by atoms with Crippen LogP contribution < -0.4 is 0 Å². The highest BCUT2D eigenvalue weighted by Gasteiger charge is 2.21. The number of nitrogens with zero attached hydrogens (tertiary/aromatic N) is 1. The molecular formula is C10H12INO2. The number of rotatable bonds is 2. The summed E-state index contributed by atoms with van der Waals surface area (Å²) in [6.45, 7) is 0. The Morgan fingerprint density at radius 3 is 2.71 bits per heavy atom. The Balaban J connectivity index is 2.35. The number of hydrogen-bond acceptors (Lipinski definition) is 1. The number of aromatic carboxylic acids is 1. The van der Waals surface area contributed by atoms with Gasteiger partial charge in [-0.1, -0.05) is 12.8 Å². The molecule has 1 aliphatic carbocycles. The average molecular weight is 305 g/mol. The van der Waals surface area contributed by atoms with Crippen molar-refractivity contribution >= 4 is 28.6 Å². The fraction of sp³-hybridized carbons (Fsp3) is 0.500. The van der Waals surface area contributed by atoms with Crippen LogP contribution in [0.2, 0.25) is 0 Å². The van der Waals surface area contributed by atoms with Gasteiger partial charge in [-0.3, -0.25) is 0 Å². The van der Waals surface area contributed by atoms with Gasteiger partial charge in [0.15, 0.2) is 0 Å². The zero-order valence-corrected chi connectivity index (χ0v) is 9.90. The minimum absolute atomic E-state index is 0.407. The molecule has 0 spiro atoms. The fourth-order valence-corrected chi connectivity index (χ4v) is 2.70. The first-order valence-corrected chi connectivity index (χ1v) is 5.87. The first kappa shape index (κ1) is 10.0. The van der Waals surface area contributed by atoms with E-state index in [1.165, 1.54) is 12.8 Å². The lowest BCUT2D eigenvalue weighted by atomic mass is 10.2. The molecule has 2 rings (SSSR count). The van der Waals surface area contributed by atoms with Gasteiger partial charge in [0.2, 0.25) is 0 Å². The molecule has 14 heavy (non-hydrogen) atoms. The number of halogens is 1. The summed E-state index contributed by atoms with van der Waals surface area (Å²) in [7, 11) is 0. The van der Waals surface area contributed by atoms with Crippen molar-refractivity contribution < 1.29 is 9.90 Å². The molecule has 1 heterocycles. The van der Waals surface area contributed by atoms with Crippen LogP contribution in [0.5, 0.6) is 0 Å². The smallest absolute Gasteiger partial charge is 0.352 e. The highest BCUT2D eigenvalue weighted by atomic mass is 127. The van der Waals surface area contributed by atoms with Gasteiger partial charge in [-0.15, -0.1) is 0 Å². The zero-order valence-electron chi connectivity index (χ0n) is 7.74. The molecule has 0 bridgehead atoms. The van der Waals surface area contributed by atoms with Gasteiger partial charge in [-0.25, -0.2) is 4.79 Å². The highest BCUT2D eigenvalue weighted by molar-refractivity contribution is 14.1. The third kappa shape index (κ3) is 1.80. The number of hydrogen-bond donors (Lipinski definition) is 1. The molecule has 1 aliphatic rings. The Labute approximate surface area is 96.3 Å². The second-order valence-electron chi connectivity index (χ2n) is 3.69. The summed E-state index contributed by atoms with van der Waals surface area (Å²) in [6, 6.07) is 2.14. The van der Waals surface area contributed by atoms with Crippen molar-refractivity contribution in [2.45, 2.75) is 31.7 Å². The van der Waals surface area contributed by atoms with Crippen molar-refractivity contribution in [2.75, 3.05) is 0 Å². The van der Waals surface area contributed by atoms with Crippen LogP contribution in [0.3, 0.4) is 0 Å². The van der Waals surface area contributed by atoms with Crippen molar-refractivity contribution in [3.8, 4) is 0 Å². The zero-order chi connectivity index (χ0) is 10.1.